The van der Waals surface area contributed by atoms with E-state index in [1.165, 1.54) is 0 Å². The van der Waals surface area contributed by atoms with Gasteiger partial charge in [-0.1, -0.05) is 18.2 Å². The Labute approximate surface area is 90.6 Å². The van der Waals surface area contributed by atoms with E-state index in [-0.39, 0.29) is 5.97 Å². The Morgan fingerprint density at radius 3 is 2.60 bits per heavy atom. The van der Waals surface area contributed by atoms with Gasteiger partial charge in [-0.3, -0.25) is 0 Å². The minimum atomic E-state index is -0.286. The zero-order valence-corrected chi connectivity index (χ0v) is 9.63. The van der Waals surface area contributed by atoms with Gasteiger partial charge in [0.15, 0.2) is 0 Å². The van der Waals surface area contributed by atoms with E-state index >= 15 is 0 Å². The van der Waals surface area contributed by atoms with Gasteiger partial charge in [0.25, 0.3) is 0 Å². The lowest BCUT2D eigenvalue weighted by molar-refractivity contribution is -0.130. The monoisotopic (exact) mass is 204 g/mol. The van der Waals surface area contributed by atoms with Crippen molar-refractivity contribution in [1.82, 2.24) is 0 Å². The minimum absolute atomic E-state index is 0.286. The lowest BCUT2D eigenvalue weighted by atomic mass is 10.1. The largest absolute Gasteiger partial charge is 0.423 e. The molecule has 15 heavy (non-hydrogen) atoms. The number of esters is 1. The summed E-state index contributed by atoms with van der Waals surface area (Å²) in [4.78, 5) is 11.5. The van der Waals surface area contributed by atoms with Gasteiger partial charge in [0.05, 0.1) is 0 Å². The fourth-order valence-corrected chi connectivity index (χ4v) is 1.13. The Kier molecular flexibility index (Phi) is 3.67. The molecular weight excluding hydrogens is 188 g/mol. The maximum Gasteiger partial charge on any atom is 0.338 e. The Morgan fingerprint density at radius 1 is 1.33 bits per heavy atom. The summed E-state index contributed by atoms with van der Waals surface area (Å²) in [5, 5.41) is 0. The molecule has 2 nitrogen and oxygen atoms in total. The van der Waals surface area contributed by atoms with Crippen LogP contribution in [0.5, 0.6) is 5.75 Å². The van der Waals surface area contributed by atoms with Crippen LogP contribution in [0.1, 0.15) is 25.0 Å². The van der Waals surface area contributed by atoms with Gasteiger partial charge >= 0.3 is 5.97 Å². The molecule has 0 aliphatic carbocycles. The van der Waals surface area contributed by atoms with Crippen LogP contribution in [0.15, 0.2) is 29.8 Å². The molecule has 0 radical (unpaired) electrons. The van der Waals surface area contributed by atoms with Gasteiger partial charge in [0.2, 0.25) is 0 Å². The molecule has 0 amide bonds. The minimum Gasteiger partial charge on any atom is -0.423 e. The number of hydrogen-bond acceptors (Lipinski definition) is 2. The van der Waals surface area contributed by atoms with Crippen LogP contribution in [0.2, 0.25) is 0 Å². The van der Waals surface area contributed by atoms with E-state index in [1.807, 2.05) is 39.0 Å². The van der Waals surface area contributed by atoms with E-state index in [0.29, 0.717) is 11.3 Å². The number of benzene rings is 1. The molecule has 0 saturated carbocycles. The molecule has 0 aromatic heterocycles. The van der Waals surface area contributed by atoms with Crippen molar-refractivity contribution in [3.05, 3.63) is 41.0 Å². The average Bonchev–Trinajstić information content (AvgIpc) is 2.23. The van der Waals surface area contributed by atoms with E-state index in [4.69, 9.17) is 4.74 Å². The summed E-state index contributed by atoms with van der Waals surface area (Å²) in [6.45, 7) is 7.51. The SMILES string of the molecule is C/C=C(\C)C(=O)Oc1cccc(C)c1C. The first-order valence-corrected chi connectivity index (χ1v) is 4.97. The normalized spacial score (nSPS) is 11.3. The molecule has 1 rings (SSSR count). The van der Waals surface area contributed by atoms with Crippen LogP contribution in [0, 0.1) is 13.8 Å². The highest BCUT2D eigenvalue weighted by atomic mass is 16.5. The number of carbonyl (C=O) groups is 1. The number of allylic oxidation sites excluding steroid dienone is 1. The number of carbonyl (C=O) groups excluding carboxylic acids is 1. The van der Waals surface area contributed by atoms with Gasteiger partial charge in [-0.15, -0.1) is 0 Å². The number of aryl methyl sites for hydroxylation is 1. The van der Waals surface area contributed by atoms with Crippen LogP contribution in [0.4, 0.5) is 0 Å². The molecule has 1 aromatic carbocycles. The molecule has 80 valence electrons. The maximum atomic E-state index is 11.5. The molecule has 0 bridgehead atoms. The first kappa shape index (κ1) is 11.5. The predicted octanol–water partition coefficient (Wildman–Crippen LogP) is 3.18. The molecule has 0 fully saturated rings. The lowest BCUT2D eigenvalue weighted by Crippen LogP contribution is -2.10. The molecule has 0 spiro atoms. The fourth-order valence-electron chi connectivity index (χ4n) is 1.13. The highest BCUT2D eigenvalue weighted by molar-refractivity contribution is 5.89. The molecule has 0 atom stereocenters. The molecule has 0 N–H and O–H groups in total. The quantitative estimate of drug-likeness (QED) is 0.420. The van der Waals surface area contributed by atoms with E-state index in [9.17, 15) is 4.79 Å². The first-order valence-electron chi connectivity index (χ1n) is 4.97. The maximum absolute atomic E-state index is 11.5. The Hall–Kier alpha value is -1.57. The number of rotatable bonds is 2. The number of hydrogen-bond donors (Lipinski definition) is 0. The van der Waals surface area contributed by atoms with Crippen molar-refractivity contribution in [2.75, 3.05) is 0 Å². The Morgan fingerprint density at radius 2 is 2.00 bits per heavy atom. The summed E-state index contributed by atoms with van der Waals surface area (Å²) in [6, 6.07) is 5.69. The van der Waals surface area contributed by atoms with Gasteiger partial charge in [-0.05, 0) is 44.9 Å². The smallest absolute Gasteiger partial charge is 0.338 e. The predicted molar refractivity (Wildman–Crippen MR) is 61.0 cm³/mol. The summed E-state index contributed by atoms with van der Waals surface area (Å²) >= 11 is 0. The van der Waals surface area contributed by atoms with Crippen molar-refractivity contribution >= 4 is 5.97 Å². The van der Waals surface area contributed by atoms with E-state index in [0.717, 1.165) is 11.1 Å². The van der Waals surface area contributed by atoms with Crippen LogP contribution in [0.3, 0.4) is 0 Å². The van der Waals surface area contributed by atoms with Crippen molar-refractivity contribution < 1.29 is 9.53 Å². The summed E-state index contributed by atoms with van der Waals surface area (Å²) in [5.41, 5.74) is 2.75. The highest BCUT2D eigenvalue weighted by Gasteiger charge is 2.09. The van der Waals surface area contributed by atoms with Gasteiger partial charge in [0, 0.05) is 5.57 Å². The van der Waals surface area contributed by atoms with Gasteiger partial charge in [0.1, 0.15) is 5.75 Å². The molecule has 0 saturated heterocycles. The zero-order chi connectivity index (χ0) is 11.4. The second-order valence-electron chi connectivity index (χ2n) is 3.56. The van der Waals surface area contributed by atoms with Crippen LogP contribution in [-0.2, 0) is 4.79 Å². The lowest BCUT2D eigenvalue weighted by Gasteiger charge is -2.08. The fraction of sp³-hybridized carbons (Fsp3) is 0.308. The molecule has 0 aliphatic rings. The second kappa shape index (κ2) is 4.78. The van der Waals surface area contributed by atoms with Crippen LogP contribution >= 0.6 is 0 Å². The van der Waals surface area contributed by atoms with Gasteiger partial charge < -0.3 is 4.74 Å². The molecule has 1 aromatic rings. The van der Waals surface area contributed by atoms with Crippen molar-refractivity contribution in [1.29, 1.82) is 0 Å². The second-order valence-corrected chi connectivity index (χ2v) is 3.56. The molecule has 2 heteroatoms. The van der Waals surface area contributed by atoms with Crippen LogP contribution in [-0.4, -0.2) is 5.97 Å². The molecule has 0 aliphatic heterocycles. The summed E-state index contributed by atoms with van der Waals surface area (Å²) in [7, 11) is 0. The molecular formula is C13H16O2. The van der Waals surface area contributed by atoms with Gasteiger partial charge in [-0.25, -0.2) is 4.79 Å². The van der Waals surface area contributed by atoms with Crippen molar-refractivity contribution in [3.8, 4) is 5.75 Å². The van der Waals surface area contributed by atoms with E-state index < -0.39 is 0 Å². The Bertz CT molecular complexity index is 403. The third-order valence-corrected chi connectivity index (χ3v) is 2.51. The molecule has 0 heterocycles. The molecule has 0 unspecified atom stereocenters. The zero-order valence-electron chi connectivity index (χ0n) is 9.63. The Balaban J connectivity index is 2.91. The van der Waals surface area contributed by atoms with E-state index in [2.05, 4.69) is 0 Å². The third-order valence-electron chi connectivity index (χ3n) is 2.51. The third kappa shape index (κ3) is 2.69. The average molecular weight is 204 g/mol. The summed E-state index contributed by atoms with van der Waals surface area (Å²) in [6.07, 6.45) is 1.74. The van der Waals surface area contributed by atoms with Crippen molar-refractivity contribution in [3.63, 3.8) is 0 Å². The summed E-state index contributed by atoms with van der Waals surface area (Å²) in [5.74, 6) is 0.354. The topological polar surface area (TPSA) is 26.3 Å². The van der Waals surface area contributed by atoms with Crippen molar-refractivity contribution in [2.45, 2.75) is 27.7 Å². The van der Waals surface area contributed by atoms with Crippen LogP contribution < -0.4 is 4.74 Å². The van der Waals surface area contributed by atoms with Crippen molar-refractivity contribution in [2.24, 2.45) is 0 Å². The van der Waals surface area contributed by atoms with E-state index in [1.54, 1.807) is 13.0 Å². The standard InChI is InChI=1S/C13H16O2/c1-5-9(2)13(14)15-12-8-6-7-10(3)11(12)4/h5-8H,1-4H3/b9-5+. The first-order chi connectivity index (χ1) is 7.06. The highest BCUT2D eigenvalue weighted by Crippen LogP contribution is 2.21. The van der Waals surface area contributed by atoms with Crippen LogP contribution in [0.25, 0.3) is 0 Å². The van der Waals surface area contributed by atoms with Gasteiger partial charge in [-0.2, -0.15) is 0 Å². The summed E-state index contributed by atoms with van der Waals surface area (Å²) < 4.78 is 5.27. The number of ether oxygens (including phenoxy) is 1.